The van der Waals surface area contributed by atoms with Gasteiger partial charge in [0, 0.05) is 41.2 Å². The Labute approximate surface area is 763 Å². The molecule has 0 bridgehead atoms. The van der Waals surface area contributed by atoms with Gasteiger partial charge >= 0.3 is 5.82 Å². The number of nitrogens with zero attached hydrogens (tertiary/aromatic N) is 8. The van der Waals surface area contributed by atoms with E-state index in [4.69, 9.17) is 25.3 Å². The molecule has 1 unspecified atom stereocenters. The summed E-state index contributed by atoms with van der Waals surface area (Å²) in [6.45, 7) is 75.7. The van der Waals surface area contributed by atoms with E-state index in [2.05, 4.69) is 201 Å². The van der Waals surface area contributed by atoms with Crippen molar-refractivity contribution in [1.82, 2.24) is 4.67 Å². The zero-order valence-corrected chi connectivity index (χ0v) is 85.8. The number of pyridine rings is 1. The van der Waals surface area contributed by atoms with Crippen LogP contribution >= 0.6 is 8.53 Å². The average molecular weight is 1780 g/mol. The number of quaternary nitrogens is 3. The Hall–Kier alpha value is -4.68. The van der Waals surface area contributed by atoms with E-state index in [1.165, 1.54) is 258 Å². The van der Waals surface area contributed by atoms with Crippen LogP contribution in [0.3, 0.4) is 0 Å². The molecular formula is C104H183N8O9PS2+2. The average Bonchev–Trinajstić information content (AvgIpc) is 1.59. The lowest BCUT2D eigenvalue weighted by atomic mass is 9.80. The second-order valence-corrected chi connectivity index (χ2v) is 42.0. The zero-order valence-electron chi connectivity index (χ0n) is 83.2. The van der Waals surface area contributed by atoms with Gasteiger partial charge in [-0.1, -0.05) is 229 Å². The van der Waals surface area contributed by atoms with Crippen LogP contribution in [0.5, 0.6) is 5.75 Å². The van der Waals surface area contributed by atoms with Crippen LogP contribution in [-0.2, 0) is 46.7 Å². The lowest BCUT2D eigenvalue weighted by Crippen LogP contribution is -2.50. The fourth-order valence-corrected chi connectivity index (χ4v) is 20.5. The van der Waals surface area contributed by atoms with Crippen LogP contribution in [0.1, 0.15) is 373 Å². The van der Waals surface area contributed by atoms with E-state index in [1.807, 2.05) is 32.1 Å². The van der Waals surface area contributed by atoms with Gasteiger partial charge in [0.2, 0.25) is 6.54 Å². The van der Waals surface area contributed by atoms with Crippen molar-refractivity contribution in [1.29, 1.82) is 0 Å². The lowest BCUT2D eigenvalue weighted by Gasteiger charge is -2.39. The maximum absolute atomic E-state index is 12.4. The summed E-state index contributed by atoms with van der Waals surface area (Å²) in [5.74, 6) is 0.932. The number of hydrogen-bond donors (Lipinski definition) is 0. The number of fused-ring (bicyclic) bond motifs is 2. The number of anilines is 1. The number of aliphatic imine (C=N–C) groups is 1. The van der Waals surface area contributed by atoms with Crippen LogP contribution in [0, 0.1) is 13.5 Å². The molecule has 0 N–H and O–H groups in total. The van der Waals surface area contributed by atoms with Gasteiger partial charge in [-0.2, -0.15) is 0 Å². The Morgan fingerprint density at radius 2 is 1.00 bits per heavy atom. The molecule has 1 aromatic heterocycles. The molecule has 0 saturated carbocycles. The summed E-state index contributed by atoms with van der Waals surface area (Å²) in [5, 5.41) is 0. The Bertz CT molecular complexity index is 3710. The van der Waals surface area contributed by atoms with E-state index >= 15 is 0 Å². The van der Waals surface area contributed by atoms with Crippen LogP contribution < -0.4 is 14.2 Å². The summed E-state index contributed by atoms with van der Waals surface area (Å²) in [5.41, 5.74) is 8.82. The second kappa shape index (κ2) is 61.1. The molecule has 708 valence electrons. The van der Waals surface area contributed by atoms with Crippen LogP contribution in [0.25, 0.3) is 10.4 Å². The van der Waals surface area contributed by atoms with Gasteiger partial charge in [0.25, 0.3) is 8.53 Å². The van der Waals surface area contributed by atoms with Gasteiger partial charge in [-0.3, -0.25) is 0 Å². The highest BCUT2D eigenvalue weighted by atomic mass is 32.2. The topological polar surface area (TPSA) is 169 Å². The smallest absolute Gasteiger partial charge is 0.327 e. The van der Waals surface area contributed by atoms with Crippen molar-refractivity contribution in [3.05, 3.63) is 130 Å². The third-order valence-electron chi connectivity index (χ3n) is 25.5. The van der Waals surface area contributed by atoms with Crippen LogP contribution in [0.2, 0.25) is 0 Å². The van der Waals surface area contributed by atoms with E-state index in [9.17, 15) is 25.9 Å². The van der Waals surface area contributed by atoms with Crippen molar-refractivity contribution >= 4 is 51.6 Å². The number of unbranched alkanes of at least 4 members (excludes halogenated alkanes) is 14. The van der Waals surface area contributed by atoms with Gasteiger partial charge in [-0.05, 0) is 240 Å². The van der Waals surface area contributed by atoms with Crippen molar-refractivity contribution in [2.24, 2.45) is 4.99 Å². The molecule has 0 amide bonds. The first-order chi connectivity index (χ1) is 59.2. The quantitative estimate of drug-likeness (QED) is 0.0132. The van der Waals surface area contributed by atoms with Crippen LogP contribution in [-0.4, -0.2) is 179 Å². The number of aromatic nitrogens is 1. The molecule has 20 heteroatoms. The predicted molar refractivity (Wildman–Crippen MR) is 528 cm³/mol. The first-order valence-corrected chi connectivity index (χ1v) is 54.1. The highest BCUT2D eigenvalue weighted by Gasteiger charge is 2.44. The number of ether oxygens (including phenoxy) is 1. The Kier molecular flexibility index (Phi) is 55.9. The van der Waals surface area contributed by atoms with Crippen molar-refractivity contribution in [2.45, 2.75) is 392 Å². The van der Waals surface area contributed by atoms with E-state index in [0.29, 0.717) is 44.3 Å². The molecule has 0 saturated heterocycles. The molecule has 1 aliphatic carbocycles. The third kappa shape index (κ3) is 39.2. The number of hydrogen-bond acceptors (Lipinski definition) is 12. The van der Waals surface area contributed by atoms with E-state index in [1.54, 1.807) is 4.57 Å². The number of rotatable bonds is 61. The maximum Gasteiger partial charge on any atom is 0.327 e. The SMILES string of the molecule is CCCC[N+](CCCC)(CCCC)CCCC.CCCC[N+](CCCC)(CCCC)CCCC.CCCC[N+](CCCC)(CCCC)CCCC.[C-]#[N+]CCOP(OCCCCOc1cccc(C2=C(/C=C/C3=Nc4c(cc(S(=O)(=O)[O-])c[n+]4CCCC)C3(C)C)CCC/C2=C\C=C2\N(CCCS(=O)(=O)[O-])c3ccc(C)cc3C2(C)C)c1)N(C(C)C)C(C)C. The summed E-state index contributed by atoms with van der Waals surface area (Å²) in [4.78, 5) is 10.5. The Balaban J connectivity index is 0.000000623. The lowest BCUT2D eigenvalue weighted by molar-refractivity contribution is -0.929. The molecule has 1 atom stereocenters. The number of benzene rings is 2. The van der Waals surface area contributed by atoms with Crippen molar-refractivity contribution in [3.8, 4) is 5.75 Å². The van der Waals surface area contributed by atoms with Crippen molar-refractivity contribution in [3.63, 3.8) is 0 Å². The minimum Gasteiger partial charge on any atom is -0.748 e. The number of allylic oxidation sites excluding steroid dienone is 8. The minimum absolute atomic E-state index is 0.189. The van der Waals surface area contributed by atoms with Gasteiger partial charge in [0.15, 0.2) is 5.71 Å². The molecule has 6 rings (SSSR count). The minimum atomic E-state index is -4.72. The van der Waals surface area contributed by atoms with Gasteiger partial charge < -0.3 is 46.1 Å². The van der Waals surface area contributed by atoms with E-state index in [0.717, 1.165) is 101 Å². The maximum atomic E-state index is 12.4. The summed E-state index contributed by atoms with van der Waals surface area (Å²) in [6, 6.07) is 16.4. The molecule has 0 spiro atoms. The van der Waals surface area contributed by atoms with Crippen molar-refractivity contribution < 1.29 is 57.7 Å². The highest BCUT2D eigenvalue weighted by molar-refractivity contribution is 7.86. The normalized spacial score (nSPS) is 15.6. The summed E-state index contributed by atoms with van der Waals surface area (Å²) >= 11 is 0. The fraction of sp³-hybridized carbons (Fsp3) is 0.740. The highest BCUT2D eigenvalue weighted by Crippen LogP contribution is 2.50. The first kappa shape index (κ1) is 113. The molecular weight excluding hydrogens is 1600 g/mol. The standard InChI is InChI=1S/C56H76N5O9PS2.3C16H36N/c1-12-13-30-59-39-47(73(65,66)67)38-49-54(59)58-51(55(49,7)8)27-24-43-19-16-20-44(25-28-52-56(9,10)48-36-42(6)23-26-50(48)60(52)31-18-35-72(62,63)64)53(43)45-21-17-22-46(37-45)68-32-14-15-33-69-71(70-34-29-57-11)61(40(2)3)41(4)5;3*1-5-9-13-17(14-10-6-2,15-11-7-3)16-12-8-4/h17,21-28,36-41H,12-16,18-20,29-35H2,1-10H3,(H-,62,63,64,65,66,67);3*5-16H2,1-4H3/q;3*+1/p-1. The van der Waals surface area contributed by atoms with E-state index in [-0.39, 0.29) is 29.9 Å². The Morgan fingerprint density at radius 3 is 1.43 bits per heavy atom. The second-order valence-electron chi connectivity index (χ2n) is 37.7. The van der Waals surface area contributed by atoms with Gasteiger partial charge in [0.05, 0.1) is 124 Å². The molecule has 2 aliphatic heterocycles. The summed E-state index contributed by atoms with van der Waals surface area (Å²) < 4.78 is 99.4. The summed E-state index contributed by atoms with van der Waals surface area (Å²) in [6.07, 6.45) is 48.9. The van der Waals surface area contributed by atoms with Crippen LogP contribution in [0.15, 0.2) is 106 Å². The fourth-order valence-electron chi connectivity index (χ4n) is 17.9. The molecule has 3 aliphatic rings. The molecule has 3 aromatic rings. The monoisotopic (exact) mass is 1780 g/mol. The molecule has 0 fully saturated rings. The molecule has 17 nitrogen and oxygen atoms in total. The van der Waals surface area contributed by atoms with E-state index < -0.39 is 45.3 Å². The predicted octanol–water partition coefficient (Wildman–Crippen LogP) is 26.6. The first-order valence-electron chi connectivity index (χ1n) is 49.9. The van der Waals surface area contributed by atoms with Gasteiger partial charge in [-0.25, -0.2) is 32.6 Å². The third-order valence-corrected chi connectivity index (χ3v) is 29.2. The zero-order chi connectivity index (χ0) is 92.3. The summed E-state index contributed by atoms with van der Waals surface area (Å²) in [7, 11) is -10.4. The molecule has 3 heterocycles. The van der Waals surface area contributed by atoms with Crippen LogP contribution in [0.4, 0.5) is 11.5 Å². The van der Waals surface area contributed by atoms with Gasteiger partial charge in [0.1, 0.15) is 28.7 Å². The van der Waals surface area contributed by atoms with Crippen molar-refractivity contribution in [2.75, 3.05) is 122 Å². The number of aryl methyl sites for hydroxylation is 2. The molecule has 0 radical (unpaired) electrons. The molecule has 2 aromatic carbocycles. The largest absolute Gasteiger partial charge is 0.748 e. The van der Waals surface area contributed by atoms with Gasteiger partial charge in [-0.15, -0.1) is 0 Å². The molecule has 124 heavy (non-hydrogen) atoms. The Morgan fingerprint density at radius 1 is 0.548 bits per heavy atom.